The Bertz CT molecular complexity index is 774. The molecule has 2 heterocycles. The summed E-state index contributed by atoms with van der Waals surface area (Å²) in [5.74, 6) is -2.85. The molecule has 7 nitrogen and oxygen atoms in total. The summed E-state index contributed by atoms with van der Waals surface area (Å²) in [7, 11) is 0. The number of aromatic hydroxyl groups is 1. The number of carbonyl (C=O) groups excluding carboxylic acids is 1. The number of nitrogens with one attached hydrogen (secondary N) is 1. The van der Waals surface area contributed by atoms with Gasteiger partial charge in [0.1, 0.15) is 6.04 Å². The van der Waals surface area contributed by atoms with Gasteiger partial charge in [0.2, 0.25) is 5.91 Å². The Morgan fingerprint density at radius 2 is 2.22 bits per heavy atom. The van der Waals surface area contributed by atoms with Crippen LogP contribution in [-0.2, 0) is 29.0 Å². The van der Waals surface area contributed by atoms with Crippen molar-refractivity contribution in [1.82, 2.24) is 14.9 Å². The molecule has 2 aromatic rings. The van der Waals surface area contributed by atoms with E-state index in [2.05, 4.69) is 9.97 Å². The Labute approximate surface area is 130 Å². The number of rotatable bonds is 3. The summed E-state index contributed by atoms with van der Waals surface area (Å²) in [4.78, 5) is 32.1. The number of nitrogens with zero attached hydrogens (tertiary/aromatic N) is 2. The van der Waals surface area contributed by atoms with Gasteiger partial charge in [0, 0.05) is 6.42 Å². The van der Waals surface area contributed by atoms with E-state index in [1.807, 2.05) is 0 Å². The van der Waals surface area contributed by atoms with E-state index in [-0.39, 0.29) is 19.4 Å². The molecule has 1 unspecified atom stereocenters. The van der Waals surface area contributed by atoms with Gasteiger partial charge in [0.05, 0.1) is 30.7 Å². The van der Waals surface area contributed by atoms with Crippen molar-refractivity contribution in [3.8, 4) is 5.75 Å². The highest BCUT2D eigenvalue weighted by molar-refractivity contribution is 5.85. The minimum absolute atomic E-state index is 0.117. The van der Waals surface area contributed by atoms with E-state index < -0.39 is 29.5 Å². The molecule has 3 rings (SSSR count). The predicted octanol–water partition coefficient (Wildman–Crippen LogP) is 0.835. The molecule has 23 heavy (non-hydrogen) atoms. The first-order valence-corrected chi connectivity index (χ1v) is 6.96. The van der Waals surface area contributed by atoms with E-state index in [1.165, 1.54) is 17.3 Å². The number of phenols is 1. The second-order valence-electron chi connectivity index (χ2n) is 5.37. The maximum Gasteiger partial charge on any atom is 0.326 e. The van der Waals surface area contributed by atoms with Gasteiger partial charge in [-0.05, 0) is 17.7 Å². The molecule has 1 aromatic carbocycles. The van der Waals surface area contributed by atoms with Gasteiger partial charge < -0.3 is 20.1 Å². The molecule has 0 aliphatic carbocycles. The van der Waals surface area contributed by atoms with Crippen LogP contribution in [0.2, 0.25) is 0 Å². The van der Waals surface area contributed by atoms with Crippen LogP contribution in [0.4, 0.5) is 4.39 Å². The molecule has 0 spiro atoms. The van der Waals surface area contributed by atoms with Crippen LogP contribution in [0.5, 0.6) is 5.75 Å². The highest BCUT2D eigenvalue weighted by atomic mass is 19.1. The summed E-state index contributed by atoms with van der Waals surface area (Å²) in [6, 6.07) is 2.66. The zero-order valence-corrected chi connectivity index (χ0v) is 12.0. The van der Waals surface area contributed by atoms with Crippen molar-refractivity contribution in [2.45, 2.75) is 25.4 Å². The lowest BCUT2D eigenvalue weighted by molar-refractivity contribution is -0.151. The van der Waals surface area contributed by atoms with Gasteiger partial charge in [-0.3, -0.25) is 4.79 Å². The Hall–Kier alpha value is -2.90. The average molecular weight is 319 g/mol. The van der Waals surface area contributed by atoms with Gasteiger partial charge in [-0.15, -0.1) is 0 Å². The number of hydrogen-bond donors (Lipinski definition) is 3. The SMILES string of the molecule is O=C(O)C1Cc2nc[nH]c2CN1C(=O)Cc1ccc(O)c(F)c1. The maximum atomic E-state index is 13.3. The molecule has 1 aliphatic heterocycles. The quantitative estimate of drug-likeness (QED) is 0.777. The van der Waals surface area contributed by atoms with Gasteiger partial charge >= 0.3 is 5.97 Å². The highest BCUT2D eigenvalue weighted by Crippen LogP contribution is 2.23. The summed E-state index contributed by atoms with van der Waals surface area (Å²) >= 11 is 0. The second-order valence-corrected chi connectivity index (χ2v) is 5.37. The largest absolute Gasteiger partial charge is 0.505 e. The first kappa shape index (κ1) is 15.0. The molecule has 1 aliphatic rings. The number of imidazole rings is 1. The van der Waals surface area contributed by atoms with Crippen molar-refractivity contribution in [2.24, 2.45) is 0 Å². The molecule has 1 amide bonds. The predicted molar refractivity (Wildman–Crippen MR) is 76.0 cm³/mol. The molecule has 1 atom stereocenters. The maximum absolute atomic E-state index is 13.3. The molecular formula is C15H14FN3O4. The Morgan fingerprint density at radius 3 is 2.91 bits per heavy atom. The Kier molecular flexibility index (Phi) is 3.73. The van der Waals surface area contributed by atoms with Crippen LogP contribution in [0.1, 0.15) is 17.0 Å². The Balaban J connectivity index is 1.82. The molecule has 3 N–H and O–H groups in total. The number of carboxylic acids is 1. The first-order chi connectivity index (χ1) is 11.0. The van der Waals surface area contributed by atoms with Gasteiger partial charge in [-0.2, -0.15) is 0 Å². The van der Waals surface area contributed by atoms with Gasteiger partial charge in [0.25, 0.3) is 0 Å². The molecule has 120 valence electrons. The monoisotopic (exact) mass is 319 g/mol. The molecule has 0 saturated carbocycles. The van der Waals surface area contributed by atoms with E-state index in [0.717, 1.165) is 12.1 Å². The lowest BCUT2D eigenvalue weighted by atomic mass is 10.0. The van der Waals surface area contributed by atoms with Crippen molar-refractivity contribution in [3.05, 3.63) is 47.3 Å². The highest BCUT2D eigenvalue weighted by Gasteiger charge is 2.35. The number of aliphatic carboxylic acids is 1. The van der Waals surface area contributed by atoms with Crippen molar-refractivity contribution in [3.63, 3.8) is 0 Å². The number of carbonyl (C=O) groups is 2. The summed E-state index contributed by atoms with van der Waals surface area (Å²) in [6.07, 6.45) is 1.45. The summed E-state index contributed by atoms with van der Waals surface area (Å²) in [5.41, 5.74) is 1.70. The molecule has 8 heteroatoms. The van der Waals surface area contributed by atoms with Gasteiger partial charge in [-0.1, -0.05) is 6.07 Å². The van der Waals surface area contributed by atoms with E-state index in [0.29, 0.717) is 17.0 Å². The van der Waals surface area contributed by atoms with Crippen LogP contribution in [-0.4, -0.2) is 43.0 Å². The lowest BCUT2D eigenvalue weighted by Gasteiger charge is -2.32. The third kappa shape index (κ3) is 2.87. The zero-order chi connectivity index (χ0) is 16.6. The number of fused-ring (bicyclic) bond motifs is 1. The van der Waals surface area contributed by atoms with Crippen molar-refractivity contribution >= 4 is 11.9 Å². The van der Waals surface area contributed by atoms with Gasteiger partial charge in [0.15, 0.2) is 11.6 Å². The third-order valence-electron chi connectivity index (χ3n) is 3.87. The van der Waals surface area contributed by atoms with Crippen LogP contribution >= 0.6 is 0 Å². The van der Waals surface area contributed by atoms with Crippen molar-refractivity contribution < 1.29 is 24.2 Å². The number of halogens is 1. The zero-order valence-electron chi connectivity index (χ0n) is 12.0. The number of benzene rings is 1. The van der Waals surface area contributed by atoms with E-state index >= 15 is 0 Å². The minimum atomic E-state index is -1.11. The van der Waals surface area contributed by atoms with Crippen LogP contribution in [0.3, 0.4) is 0 Å². The fourth-order valence-electron chi connectivity index (χ4n) is 2.66. The first-order valence-electron chi connectivity index (χ1n) is 6.96. The lowest BCUT2D eigenvalue weighted by Crippen LogP contribution is -2.49. The molecule has 0 bridgehead atoms. The molecular weight excluding hydrogens is 305 g/mol. The van der Waals surface area contributed by atoms with Crippen molar-refractivity contribution in [1.29, 1.82) is 0 Å². The standard InChI is InChI=1S/C15H14FN3O4/c16-9-3-8(1-2-13(9)20)4-14(21)19-6-11-10(17-7-18-11)5-12(19)15(22)23/h1-3,7,12,20H,4-6H2,(H,17,18)(H,22,23). The summed E-state index contributed by atoms with van der Waals surface area (Å²) in [5, 5.41) is 18.5. The number of phenolic OH excluding ortho intramolecular Hbond substituents is 1. The third-order valence-corrected chi connectivity index (χ3v) is 3.87. The smallest absolute Gasteiger partial charge is 0.326 e. The number of carboxylic acid groups (broad SMARTS) is 1. The van der Waals surface area contributed by atoms with E-state index in [4.69, 9.17) is 5.11 Å². The number of hydrogen-bond acceptors (Lipinski definition) is 4. The topological polar surface area (TPSA) is 107 Å². The molecule has 1 aromatic heterocycles. The van der Waals surface area contributed by atoms with Gasteiger partial charge in [-0.25, -0.2) is 14.2 Å². The number of H-pyrrole nitrogens is 1. The van der Waals surface area contributed by atoms with Crippen LogP contribution in [0.25, 0.3) is 0 Å². The summed E-state index contributed by atoms with van der Waals surface area (Å²) in [6.45, 7) is 0.117. The van der Waals surface area contributed by atoms with Crippen LogP contribution < -0.4 is 0 Å². The molecule has 0 radical (unpaired) electrons. The molecule has 0 saturated heterocycles. The van der Waals surface area contributed by atoms with E-state index in [9.17, 15) is 19.1 Å². The van der Waals surface area contributed by atoms with Crippen LogP contribution in [0.15, 0.2) is 24.5 Å². The summed E-state index contributed by atoms with van der Waals surface area (Å²) < 4.78 is 13.3. The number of amides is 1. The second kappa shape index (κ2) is 5.71. The average Bonchev–Trinajstić information content (AvgIpc) is 2.97. The number of aromatic nitrogens is 2. The molecule has 0 fully saturated rings. The normalized spacial score (nSPS) is 16.9. The Morgan fingerprint density at radius 1 is 1.43 bits per heavy atom. The fourth-order valence-corrected chi connectivity index (χ4v) is 2.66. The van der Waals surface area contributed by atoms with Crippen molar-refractivity contribution in [2.75, 3.05) is 0 Å². The fraction of sp³-hybridized carbons (Fsp3) is 0.267. The number of aromatic amines is 1. The van der Waals surface area contributed by atoms with E-state index in [1.54, 1.807) is 0 Å². The minimum Gasteiger partial charge on any atom is -0.505 e. The van der Waals surface area contributed by atoms with Crippen LogP contribution in [0, 0.1) is 5.82 Å².